The van der Waals surface area contributed by atoms with Crippen molar-refractivity contribution in [1.29, 1.82) is 0 Å². The zero-order chi connectivity index (χ0) is 9.42. The molecule has 2 aromatic heterocycles. The summed E-state index contributed by atoms with van der Waals surface area (Å²) in [7, 11) is 0. The molecule has 1 atom stereocenters. The Bertz CT molecular complexity index is 481. The summed E-state index contributed by atoms with van der Waals surface area (Å²) in [6.07, 6.45) is 2.40. The third-order valence-electron chi connectivity index (χ3n) is 1.50. The van der Waals surface area contributed by atoms with Gasteiger partial charge in [0.25, 0.3) is 11.3 Å². The van der Waals surface area contributed by atoms with Crippen molar-refractivity contribution in [3.8, 4) is 0 Å². The molecular formula is C5H5N5O2S. The molecule has 0 bridgehead atoms. The van der Waals surface area contributed by atoms with E-state index in [0.29, 0.717) is 5.52 Å². The molecule has 13 heavy (non-hydrogen) atoms. The molecule has 0 fully saturated rings. The lowest BCUT2D eigenvalue weighted by atomic mass is 10.5. The second-order valence-corrected chi connectivity index (χ2v) is 3.09. The van der Waals surface area contributed by atoms with Crippen LogP contribution in [0.3, 0.4) is 0 Å². The van der Waals surface area contributed by atoms with Gasteiger partial charge in [-0.25, -0.2) is 23.1 Å². The first-order valence-electron chi connectivity index (χ1n) is 3.25. The second-order valence-electron chi connectivity index (χ2n) is 2.23. The predicted octanol–water partition coefficient (Wildman–Crippen LogP) is -0.607. The van der Waals surface area contributed by atoms with E-state index in [1.54, 1.807) is 0 Å². The molecule has 0 spiro atoms. The molecule has 1 unspecified atom stereocenters. The van der Waals surface area contributed by atoms with E-state index < -0.39 is 11.3 Å². The highest BCUT2D eigenvalue weighted by molar-refractivity contribution is 7.77. The van der Waals surface area contributed by atoms with Crippen molar-refractivity contribution in [3.63, 3.8) is 0 Å². The van der Waals surface area contributed by atoms with E-state index in [1.165, 1.54) is 12.7 Å². The highest BCUT2D eigenvalue weighted by atomic mass is 32.2. The van der Waals surface area contributed by atoms with Gasteiger partial charge in [0.1, 0.15) is 12.7 Å². The lowest BCUT2D eigenvalue weighted by Crippen LogP contribution is -2.02. The predicted molar refractivity (Wildman–Crippen MR) is 45.9 cm³/mol. The second kappa shape index (κ2) is 2.75. The van der Waals surface area contributed by atoms with Crippen LogP contribution in [0.2, 0.25) is 0 Å². The lowest BCUT2D eigenvalue weighted by Gasteiger charge is -1.95. The van der Waals surface area contributed by atoms with Crippen LogP contribution in [0, 0.1) is 0 Å². The number of fused-ring (bicyclic) bond motifs is 1. The molecule has 0 saturated carbocycles. The van der Waals surface area contributed by atoms with Crippen LogP contribution in [-0.4, -0.2) is 27.7 Å². The smallest absolute Gasteiger partial charge is 0.268 e. The molecule has 0 radical (unpaired) electrons. The largest absolute Gasteiger partial charge is 0.382 e. The molecule has 0 aliphatic carbocycles. The Labute approximate surface area is 75.0 Å². The Kier molecular flexibility index (Phi) is 1.71. The van der Waals surface area contributed by atoms with E-state index in [0.717, 1.165) is 3.97 Å². The first-order chi connectivity index (χ1) is 6.20. The van der Waals surface area contributed by atoms with Gasteiger partial charge in [-0.3, -0.25) is 4.55 Å². The van der Waals surface area contributed by atoms with Crippen molar-refractivity contribution in [3.05, 3.63) is 12.7 Å². The quantitative estimate of drug-likeness (QED) is 0.593. The van der Waals surface area contributed by atoms with E-state index in [4.69, 9.17) is 10.3 Å². The first-order valence-corrected chi connectivity index (χ1v) is 4.31. The van der Waals surface area contributed by atoms with Gasteiger partial charge < -0.3 is 5.73 Å². The molecule has 2 rings (SSSR count). The molecule has 68 valence electrons. The van der Waals surface area contributed by atoms with Crippen LogP contribution in [-0.2, 0) is 11.3 Å². The number of hydrogen-bond donors (Lipinski definition) is 2. The number of nitrogens with two attached hydrogens (primary N) is 1. The molecule has 8 heteroatoms. The normalized spacial score (nSPS) is 13.3. The summed E-state index contributed by atoms with van der Waals surface area (Å²) in [6.45, 7) is 0. The number of nitrogens with zero attached hydrogens (tertiary/aromatic N) is 4. The molecule has 0 amide bonds. The summed E-state index contributed by atoms with van der Waals surface area (Å²) in [5.74, 6) is 0.189. The van der Waals surface area contributed by atoms with Gasteiger partial charge in [0.15, 0.2) is 17.0 Å². The van der Waals surface area contributed by atoms with Gasteiger partial charge in [-0.1, -0.05) is 0 Å². The monoisotopic (exact) mass is 199 g/mol. The molecule has 3 N–H and O–H groups in total. The lowest BCUT2D eigenvalue weighted by molar-refractivity contribution is 0.556. The number of anilines is 1. The van der Waals surface area contributed by atoms with Gasteiger partial charge in [-0.05, 0) is 0 Å². The van der Waals surface area contributed by atoms with Gasteiger partial charge in [0.2, 0.25) is 0 Å². The average molecular weight is 199 g/mol. The molecule has 0 aromatic carbocycles. The van der Waals surface area contributed by atoms with Crippen molar-refractivity contribution < 1.29 is 8.76 Å². The van der Waals surface area contributed by atoms with Crippen LogP contribution in [0.15, 0.2) is 12.7 Å². The summed E-state index contributed by atoms with van der Waals surface area (Å²) in [5, 5.41) is 0. The number of hydrogen-bond acceptors (Lipinski definition) is 5. The molecular weight excluding hydrogens is 194 g/mol. The van der Waals surface area contributed by atoms with Gasteiger partial charge in [-0.15, -0.1) is 0 Å². The van der Waals surface area contributed by atoms with Crippen LogP contribution >= 0.6 is 0 Å². The fourth-order valence-electron chi connectivity index (χ4n) is 0.947. The molecule has 0 aliphatic rings. The van der Waals surface area contributed by atoms with Gasteiger partial charge in [0, 0.05) is 0 Å². The highest BCUT2D eigenvalue weighted by Gasteiger charge is 2.09. The summed E-state index contributed by atoms with van der Waals surface area (Å²) >= 11 is -2.17. The minimum absolute atomic E-state index is 0.189. The molecule has 2 heterocycles. The van der Waals surface area contributed by atoms with Gasteiger partial charge >= 0.3 is 0 Å². The van der Waals surface area contributed by atoms with Crippen LogP contribution in [0.4, 0.5) is 5.82 Å². The van der Waals surface area contributed by atoms with Crippen LogP contribution in [0.25, 0.3) is 11.2 Å². The van der Waals surface area contributed by atoms with Crippen molar-refractivity contribution in [2.24, 2.45) is 0 Å². The summed E-state index contributed by atoms with van der Waals surface area (Å²) in [6, 6.07) is 0. The van der Waals surface area contributed by atoms with E-state index >= 15 is 0 Å². The Hall–Kier alpha value is -1.54. The SMILES string of the molecule is Nc1ncnc2c1ncn2S(=O)O. The van der Waals surface area contributed by atoms with E-state index in [2.05, 4.69) is 15.0 Å². The molecule has 2 aromatic rings. The molecule has 7 nitrogen and oxygen atoms in total. The number of aromatic nitrogens is 4. The van der Waals surface area contributed by atoms with Gasteiger partial charge in [-0.2, -0.15) is 0 Å². The van der Waals surface area contributed by atoms with Crippen molar-refractivity contribution >= 4 is 28.2 Å². The van der Waals surface area contributed by atoms with Gasteiger partial charge in [0.05, 0.1) is 0 Å². The zero-order valence-electron chi connectivity index (χ0n) is 6.28. The fraction of sp³-hybridized carbons (Fsp3) is 0. The van der Waals surface area contributed by atoms with Crippen LogP contribution in [0.1, 0.15) is 0 Å². The minimum atomic E-state index is -2.17. The Morgan fingerprint density at radius 3 is 2.92 bits per heavy atom. The van der Waals surface area contributed by atoms with E-state index in [9.17, 15) is 4.21 Å². The summed E-state index contributed by atoms with van der Waals surface area (Å²) in [4.78, 5) is 11.3. The highest BCUT2D eigenvalue weighted by Crippen LogP contribution is 2.13. The van der Waals surface area contributed by atoms with Crippen LogP contribution in [0.5, 0.6) is 0 Å². The maximum atomic E-state index is 10.7. The Morgan fingerprint density at radius 1 is 1.46 bits per heavy atom. The third kappa shape index (κ3) is 1.15. The average Bonchev–Trinajstić information content (AvgIpc) is 2.48. The Morgan fingerprint density at radius 2 is 2.23 bits per heavy atom. The standard InChI is InChI=1S/C5H5N5O2S/c6-4-3-5(8-1-7-4)10(2-9-3)13(11)12/h1-2H,(H,11,12)(H2,6,7,8). The Balaban J connectivity index is 2.83. The van der Waals surface area contributed by atoms with E-state index in [1.807, 2.05) is 0 Å². The topological polar surface area (TPSA) is 107 Å². The fourth-order valence-corrected chi connectivity index (χ4v) is 1.36. The number of imidazole rings is 1. The maximum absolute atomic E-state index is 10.7. The molecule has 0 aliphatic heterocycles. The minimum Gasteiger partial charge on any atom is -0.382 e. The third-order valence-corrected chi connectivity index (χ3v) is 2.10. The van der Waals surface area contributed by atoms with Crippen molar-refractivity contribution in [2.45, 2.75) is 0 Å². The maximum Gasteiger partial charge on any atom is 0.268 e. The number of rotatable bonds is 1. The van der Waals surface area contributed by atoms with Crippen molar-refractivity contribution in [2.75, 3.05) is 5.73 Å². The summed E-state index contributed by atoms with van der Waals surface area (Å²) in [5.41, 5.74) is 6.03. The summed E-state index contributed by atoms with van der Waals surface area (Å²) < 4.78 is 20.5. The first kappa shape index (κ1) is 8.08. The van der Waals surface area contributed by atoms with Crippen LogP contribution < -0.4 is 5.73 Å². The van der Waals surface area contributed by atoms with Crippen molar-refractivity contribution in [1.82, 2.24) is 18.9 Å². The zero-order valence-corrected chi connectivity index (χ0v) is 7.10. The number of nitrogen functional groups attached to an aromatic ring is 1. The molecule has 0 saturated heterocycles. The van der Waals surface area contributed by atoms with E-state index in [-0.39, 0.29) is 11.5 Å².